The van der Waals surface area contributed by atoms with E-state index in [0.29, 0.717) is 6.61 Å². The number of para-hydroxylation sites is 1. The summed E-state index contributed by atoms with van der Waals surface area (Å²) in [6, 6.07) is 6.18. The zero-order valence-electron chi connectivity index (χ0n) is 11.1. The van der Waals surface area contributed by atoms with E-state index in [1.54, 1.807) is 0 Å². The molecule has 0 heterocycles. The number of hydrogen-bond donors (Lipinski definition) is 1. The van der Waals surface area contributed by atoms with Crippen molar-refractivity contribution in [2.75, 3.05) is 45.4 Å². The van der Waals surface area contributed by atoms with Crippen molar-refractivity contribution >= 4 is 17.4 Å². The van der Waals surface area contributed by atoms with Crippen molar-refractivity contribution in [2.24, 2.45) is 0 Å². The first-order valence-electron chi connectivity index (χ1n) is 5.90. The van der Waals surface area contributed by atoms with Gasteiger partial charge in [-0.15, -0.1) is 11.8 Å². The van der Waals surface area contributed by atoms with Crippen LogP contribution in [-0.2, 0) is 0 Å². The Morgan fingerprint density at radius 2 is 2.12 bits per heavy atom. The number of rotatable bonds is 7. The summed E-state index contributed by atoms with van der Waals surface area (Å²) in [5.74, 6) is 2.02. The van der Waals surface area contributed by atoms with E-state index in [0.717, 1.165) is 23.7 Å². The van der Waals surface area contributed by atoms with Crippen molar-refractivity contribution in [1.29, 1.82) is 0 Å². The van der Waals surface area contributed by atoms with Gasteiger partial charge in [0.25, 0.3) is 0 Å². The molecule has 0 fully saturated rings. The Kier molecular flexibility index (Phi) is 6.22. The van der Waals surface area contributed by atoms with Crippen LogP contribution in [0.25, 0.3) is 0 Å². The fourth-order valence-electron chi connectivity index (χ4n) is 1.49. The summed E-state index contributed by atoms with van der Waals surface area (Å²) in [6.07, 6.45) is 0. The van der Waals surface area contributed by atoms with Crippen LogP contribution in [-0.4, -0.2) is 44.9 Å². The van der Waals surface area contributed by atoms with Gasteiger partial charge in [-0.3, -0.25) is 0 Å². The molecule has 1 N–H and O–H groups in total. The van der Waals surface area contributed by atoms with Crippen LogP contribution >= 0.6 is 11.8 Å². The SMILES string of the molecule is CCOc1cccc(SCCN(C)C)c1NC. The molecule has 0 saturated heterocycles. The molecule has 0 aromatic heterocycles. The van der Waals surface area contributed by atoms with Gasteiger partial charge in [-0.25, -0.2) is 0 Å². The lowest BCUT2D eigenvalue weighted by Gasteiger charge is -2.15. The number of ether oxygens (including phenoxy) is 1. The lowest BCUT2D eigenvalue weighted by molar-refractivity contribution is 0.341. The molecule has 0 radical (unpaired) electrons. The summed E-state index contributed by atoms with van der Waals surface area (Å²) in [6.45, 7) is 3.78. The van der Waals surface area contributed by atoms with Crippen molar-refractivity contribution in [3.63, 3.8) is 0 Å². The third-order valence-corrected chi connectivity index (χ3v) is 3.37. The van der Waals surface area contributed by atoms with Crippen LogP contribution in [0.5, 0.6) is 5.75 Å². The molecule has 0 spiro atoms. The van der Waals surface area contributed by atoms with Gasteiger partial charge < -0.3 is 15.0 Å². The van der Waals surface area contributed by atoms with Crippen LogP contribution in [0.3, 0.4) is 0 Å². The van der Waals surface area contributed by atoms with E-state index >= 15 is 0 Å². The standard InChI is InChI=1S/C13H22N2OS/c1-5-16-11-7-6-8-12(13(11)14-2)17-10-9-15(3)4/h6-8,14H,5,9-10H2,1-4H3. The van der Waals surface area contributed by atoms with Crippen LogP contribution in [0.15, 0.2) is 23.1 Å². The molecule has 4 heteroatoms. The van der Waals surface area contributed by atoms with Gasteiger partial charge in [0.15, 0.2) is 0 Å². The van der Waals surface area contributed by atoms with Crippen LogP contribution in [0.4, 0.5) is 5.69 Å². The minimum absolute atomic E-state index is 0.695. The minimum atomic E-state index is 0.695. The van der Waals surface area contributed by atoms with E-state index in [9.17, 15) is 0 Å². The van der Waals surface area contributed by atoms with Gasteiger partial charge in [0.1, 0.15) is 5.75 Å². The fourth-order valence-corrected chi connectivity index (χ4v) is 2.69. The molecule has 1 rings (SSSR count). The second kappa shape index (κ2) is 7.45. The largest absolute Gasteiger partial charge is 0.492 e. The highest BCUT2D eigenvalue weighted by Crippen LogP contribution is 2.34. The molecule has 96 valence electrons. The predicted octanol–water partition coefficient (Wildman–Crippen LogP) is 2.78. The van der Waals surface area contributed by atoms with Crippen LogP contribution in [0.2, 0.25) is 0 Å². The Morgan fingerprint density at radius 1 is 1.35 bits per heavy atom. The smallest absolute Gasteiger partial charge is 0.143 e. The number of nitrogens with zero attached hydrogens (tertiary/aromatic N) is 1. The van der Waals surface area contributed by atoms with Crippen molar-refractivity contribution in [1.82, 2.24) is 4.90 Å². The average Bonchev–Trinajstić information content (AvgIpc) is 2.29. The third-order valence-electron chi connectivity index (χ3n) is 2.33. The molecule has 0 aliphatic heterocycles. The fraction of sp³-hybridized carbons (Fsp3) is 0.538. The molecule has 0 atom stereocenters. The summed E-state index contributed by atoms with van der Waals surface area (Å²) in [7, 11) is 6.13. The highest BCUT2D eigenvalue weighted by molar-refractivity contribution is 7.99. The van der Waals surface area contributed by atoms with Gasteiger partial charge >= 0.3 is 0 Å². The molecular weight excluding hydrogens is 232 g/mol. The Hall–Kier alpha value is -0.870. The van der Waals surface area contributed by atoms with Gasteiger partial charge in [0.05, 0.1) is 12.3 Å². The molecule has 1 aromatic rings. The van der Waals surface area contributed by atoms with E-state index in [1.165, 1.54) is 4.90 Å². The summed E-state index contributed by atoms with van der Waals surface area (Å²) < 4.78 is 5.61. The van der Waals surface area contributed by atoms with E-state index in [4.69, 9.17) is 4.74 Å². The maximum atomic E-state index is 5.61. The van der Waals surface area contributed by atoms with Gasteiger partial charge in [-0.1, -0.05) is 6.07 Å². The number of anilines is 1. The molecule has 3 nitrogen and oxygen atoms in total. The molecule has 0 saturated carbocycles. The van der Waals surface area contributed by atoms with E-state index in [2.05, 4.69) is 30.4 Å². The van der Waals surface area contributed by atoms with E-state index < -0.39 is 0 Å². The van der Waals surface area contributed by atoms with Crippen molar-refractivity contribution in [2.45, 2.75) is 11.8 Å². The zero-order valence-corrected chi connectivity index (χ0v) is 11.9. The van der Waals surface area contributed by atoms with Crippen molar-refractivity contribution < 1.29 is 4.74 Å². The molecule has 0 amide bonds. The van der Waals surface area contributed by atoms with Crippen LogP contribution in [0, 0.1) is 0 Å². The first kappa shape index (κ1) is 14.2. The van der Waals surface area contributed by atoms with Crippen molar-refractivity contribution in [3.8, 4) is 5.75 Å². The second-order valence-corrected chi connectivity index (χ2v) is 5.10. The highest BCUT2D eigenvalue weighted by Gasteiger charge is 2.08. The predicted molar refractivity (Wildman–Crippen MR) is 76.4 cm³/mol. The molecule has 1 aromatic carbocycles. The molecule has 0 aliphatic carbocycles. The Bertz CT molecular complexity index is 342. The lowest BCUT2D eigenvalue weighted by atomic mass is 10.3. The van der Waals surface area contributed by atoms with Gasteiger partial charge in [-0.2, -0.15) is 0 Å². The number of hydrogen-bond acceptors (Lipinski definition) is 4. The third kappa shape index (κ3) is 4.48. The van der Waals surface area contributed by atoms with E-state index in [-0.39, 0.29) is 0 Å². The van der Waals surface area contributed by atoms with E-state index in [1.807, 2.05) is 37.9 Å². The Balaban J connectivity index is 2.73. The number of nitrogens with one attached hydrogen (secondary N) is 1. The Labute approximate surface area is 109 Å². The number of benzene rings is 1. The molecule has 0 bridgehead atoms. The quantitative estimate of drug-likeness (QED) is 0.756. The minimum Gasteiger partial charge on any atom is -0.492 e. The van der Waals surface area contributed by atoms with Gasteiger partial charge in [-0.05, 0) is 33.2 Å². The maximum absolute atomic E-state index is 5.61. The van der Waals surface area contributed by atoms with Crippen molar-refractivity contribution in [3.05, 3.63) is 18.2 Å². The molecular formula is C13H22N2OS. The number of thioether (sulfide) groups is 1. The average molecular weight is 254 g/mol. The normalized spacial score (nSPS) is 10.6. The first-order valence-corrected chi connectivity index (χ1v) is 6.88. The Morgan fingerprint density at radius 3 is 2.71 bits per heavy atom. The van der Waals surface area contributed by atoms with Crippen LogP contribution < -0.4 is 10.1 Å². The molecule has 0 unspecified atom stereocenters. The summed E-state index contributed by atoms with van der Waals surface area (Å²) in [5.41, 5.74) is 1.10. The lowest BCUT2D eigenvalue weighted by Crippen LogP contribution is -2.14. The topological polar surface area (TPSA) is 24.5 Å². The zero-order chi connectivity index (χ0) is 12.7. The maximum Gasteiger partial charge on any atom is 0.143 e. The monoisotopic (exact) mass is 254 g/mol. The second-order valence-electron chi connectivity index (χ2n) is 3.96. The highest BCUT2D eigenvalue weighted by atomic mass is 32.2. The molecule has 17 heavy (non-hydrogen) atoms. The summed E-state index contributed by atoms with van der Waals surface area (Å²) in [5, 5.41) is 3.23. The van der Waals surface area contributed by atoms with Gasteiger partial charge in [0.2, 0.25) is 0 Å². The van der Waals surface area contributed by atoms with Crippen LogP contribution in [0.1, 0.15) is 6.92 Å². The summed E-state index contributed by atoms with van der Waals surface area (Å²) >= 11 is 1.86. The van der Waals surface area contributed by atoms with Gasteiger partial charge in [0, 0.05) is 24.2 Å². The first-order chi connectivity index (χ1) is 8.19. The summed E-state index contributed by atoms with van der Waals surface area (Å²) in [4.78, 5) is 3.44. The molecule has 0 aliphatic rings.